The summed E-state index contributed by atoms with van der Waals surface area (Å²) in [6, 6.07) is 1.76. The molecule has 0 aliphatic heterocycles. The Kier molecular flexibility index (Phi) is 3.25. The standard InChI is InChI=1S/C11H15FN2/c1-7-5-9(3-4-13)10(6-14)8(2)11(7)12/h3,5-6H,4,13-14H2,1-2H3/b9-3-,10-6-. The average Bonchev–Trinajstić information content (AvgIpc) is 2.16. The molecule has 0 unspecified atom stereocenters. The fourth-order valence-corrected chi connectivity index (χ4v) is 1.52. The third-order valence-electron chi connectivity index (χ3n) is 2.27. The molecule has 0 atom stereocenters. The van der Waals surface area contributed by atoms with Crippen LogP contribution in [0.3, 0.4) is 0 Å². The van der Waals surface area contributed by atoms with Gasteiger partial charge in [0.25, 0.3) is 0 Å². The summed E-state index contributed by atoms with van der Waals surface area (Å²) in [4.78, 5) is 0. The van der Waals surface area contributed by atoms with E-state index in [1.807, 2.05) is 6.08 Å². The molecule has 0 bridgehead atoms. The summed E-state index contributed by atoms with van der Waals surface area (Å²) in [6.07, 6.45) is 3.25. The van der Waals surface area contributed by atoms with E-state index in [4.69, 9.17) is 11.5 Å². The number of rotatable bonds is 1. The lowest BCUT2D eigenvalue weighted by Crippen LogP contribution is -2.31. The van der Waals surface area contributed by atoms with E-state index in [1.165, 1.54) is 6.20 Å². The highest BCUT2D eigenvalue weighted by Crippen LogP contribution is 2.03. The van der Waals surface area contributed by atoms with E-state index < -0.39 is 0 Å². The highest BCUT2D eigenvalue weighted by Gasteiger charge is 2.03. The summed E-state index contributed by atoms with van der Waals surface area (Å²) >= 11 is 0. The second kappa shape index (κ2) is 4.24. The van der Waals surface area contributed by atoms with Gasteiger partial charge in [0, 0.05) is 18.0 Å². The Balaban J connectivity index is 3.71. The Morgan fingerprint density at radius 3 is 2.57 bits per heavy atom. The van der Waals surface area contributed by atoms with Gasteiger partial charge in [-0.1, -0.05) is 6.08 Å². The first-order chi connectivity index (χ1) is 6.61. The molecule has 1 rings (SSSR count). The van der Waals surface area contributed by atoms with E-state index in [1.54, 1.807) is 19.9 Å². The number of hydrogen-bond acceptors (Lipinski definition) is 2. The number of nitrogens with two attached hydrogens (primary N) is 2. The van der Waals surface area contributed by atoms with Crippen LogP contribution in [0, 0.1) is 19.7 Å². The summed E-state index contributed by atoms with van der Waals surface area (Å²) in [5.41, 5.74) is 12.1. The van der Waals surface area contributed by atoms with Crippen LogP contribution in [0.15, 0.2) is 6.07 Å². The lowest BCUT2D eigenvalue weighted by Gasteiger charge is -2.02. The Labute approximate surface area is 82.7 Å². The molecule has 0 saturated heterocycles. The quantitative estimate of drug-likeness (QED) is 0.655. The lowest BCUT2D eigenvalue weighted by atomic mass is 10.1. The fraction of sp³-hybridized carbons (Fsp3) is 0.273. The topological polar surface area (TPSA) is 52.0 Å². The molecule has 0 aromatic heterocycles. The predicted octanol–water partition coefficient (Wildman–Crippen LogP) is -0.122. The lowest BCUT2D eigenvalue weighted by molar-refractivity contribution is 0.607. The van der Waals surface area contributed by atoms with Crippen molar-refractivity contribution in [3.05, 3.63) is 33.4 Å². The SMILES string of the molecule is Cc1cc(=C/CN)/c(=C\N)c(C)c1F. The Bertz CT molecular complexity index is 449. The Hall–Kier alpha value is -1.35. The second-order valence-corrected chi connectivity index (χ2v) is 3.24. The molecule has 0 radical (unpaired) electrons. The van der Waals surface area contributed by atoms with Crippen molar-refractivity contribution in [1.82, 2.24) is 0 Å². The minimum absolute atomic E-state index is 0.198. The van der Waals surface area contributed by atoms with Crippen molar-refractivity contribution < 1.29 is 4.39 Å². The minimum Gasteiger partial charge on any atom is -0.404 e. The highest BCUT2D eigenvalue weighted by molar-refractivity contribution is 5.38. The van der Waals surface area contributed by atoms with E-state index >= 15 is 0 Å². The van der Waals surface area contributed by atoms with Crippen molar-refractivity contribution in [2.45, 2.75) is 13.8 Å². The smallest absolute Gasteiger partial charge is 0.129 e. The maximum atomic E-state index is 13.5. The zero-order valence-electron chi connectivity index (χ0n) is 8.47. The first-order valence-corrected chi connectivity index (χ1v) is 4.49. The number of hydrogen-bond donors (Lipinski definition) is 2. The Morgan fingerprint density at radius 2 is 2.07 bits per heavy atom. The number of halogens is 1. The van der Waals surface area contributed by atoms with Crippen LogP contribution in [0.5, 0.6) is 0 Å². The van der Waals surface area contributed by atoms with E-state index in [0.29, 0.717) is 17.7 Å². The summed E-state index contributed by atoms with van der Waals surface area (Å²) in [6.45, 7) is 3.87. The van der Waals surface area contributed by atoms with Crippen LogP contribution in [0.2, 0.25) is 0 Å². The highest BCUT2D eigenvalue weighted by atomic mass is 19.1. The van der Waals surface area contributed by atoms with Gasteiger partial charge in [-0.25, -0.2) is 4.39 Å². The fourth-order valence-electron chi connectivity index (χ4n) is 1.52. The van der Waals surface area contributed by atoms with Crippen molar-refractivity contribution in [3.63, 3.8) is 0 Å². The van der Waals surface area contributed by atoms with Crippen LogP contribution in [-0.2, 0) is 0 Å². The largest absolute Gasteiger partial charge is 0.404 e. The summed E-state index contributed by atoms with van der Waals surface area (Å²) in [5.74, 6) is -0.198. The van der Waals surface area contributed by atoms with Crippen LogP contribution in [0.25, 0.3) is 12.3 Å². The van der Waals surface area contributed by atoms with Crippen molar-refractivity contribution in [2.24, 2.45) is 11.5 Å². The predicted molar refractivity (Wildman–Crippen MR) is 57.3 cm³/mol. The molecule has 0 aliphatic rings. The second-order valence-electron chi connectivity index (χ2n) is 3.24. The number of benzene rings is 1. The maximum absolute atomic E-state index is 13.5. The van der Waals surface area contributed by atoms with Gasteiger partial charge in [-0.05, 0) is 36.3 Å². The molecule has 1 aromatic carbocycles. The van der Waals surface area contributed by atoms with Crippen molar-refractivity contribution in [3.8, 4) is 0 Å². The summed E-state index contributed by atoms with van der Waals surface area (Å²) in [5, 5.41) is 1.62. The van der Waals surface area contributed by atoms with Gasteiger partial charge in [0.15, 0.2) is 0 Å². The molecule has 2 nitrogen and oxygen atoms in total. The zero-order valence-corrected chi connectivity index (χ0v) is 8.47. The minimum atomic E-state index is -0.198. The van der Waals surface area contributed by atoms with Crippen LogP contribution in [0.4, 0.5) is 4.39 Å². The van der Waals surface area contributed by atoms with E-state index in [2.05, 4.69) is 0 Å². The maximum Gasteiger partial charge on any atom is 0.129 e. The number of aryl methyl sites for hydroxylation is 1. The molecule has 0 fully saturated rings. The molecule has 3 heteroatoms. The molecule has 4 N–H and O–H groups in total. The monoisotopic (exact) mass is 194 g/mol. The van der Waals surface area contributed by atoms with Crippen molar-refractivity contribution >= 4 is 12.3 Å². The summed E-state index contributed by atoms with van der Waals surface area (Å²) in [7, 11) is 0. The van der Waals surface area contributed by atoms with Gasteiger partial charge < -0.3 is 11.5 Å². The Morgan fingerprint density at radius 1 is 1.43 bits per heavy atom. The molecular weight excluding hydrogens is 179 g/mol. The van der Waals surface area contributed by atoms with Gasteiger partial charge in [0.2, 0.25) is 0 Å². The summed E-state index contributed by atoms with van der Waals surface area (Å²) < 4.78 is 13.5. The van der Waals surface area contributed by atoms with Crippen LogP contribution >= 0.6 is 0 Å². The normalized spacial score (nSPS) is 13.7. The van der Waals surface area contributed by atoms with E-state index in [0.717, 1.165) is 10.4 Å². The molecular formula is C11H15FN2. The van der Waals surface area contributed by atoms with Crippen molar-refractivity contribution in [2.75, 3.05) is 6.54 Å². The molecule has 0 amide bonds. The first kappa shape index (κ1) is 10.7. The molecule has 0 spiro atoms. The van der Waals surface area contributed by atoms with Gasteiger partial charge in [-0.15, -0.1) is 0 Å². The van der Waals surface area contributed by atoms with Gasteiger partial charge >= 0.3 is 0 Å². The third-order valence-corrected chi connectivity index (χ3v) is 2.27. The molecule has 14 heavy (non-hydrogen) atoms. The molecule has 1 aromatic rings. The van der Waals surface area contributed by atoms with E-state index in [-0.39, 0.29) is 5.82 Å². The molecule has 76 valence electrons. The van der Waals surface area contributed by atoms with Gasteiger partial charge in [0.05, 0.1) is 0 Å². The van der Waals surface area contributed by atoms with Crippen LogP contribution in [-0.4, -0.2) is 6.54 Å². The average molecular weight is 194 g/mol. The third kappa shape index (κ3) is 1.77. The van der Waals surface area contributed by atoms with Gasteiger partial charge in [-0.2, -0.15) is 0 Å². The zero-order chi connectivity index (χ0) is 10.7. The molecule has 0 aliphatic carbocycles. The van der Waals surface area contributed by atoms with Crippen LogP contribution in [0.1, 0.15) is 11.1 Å². The van der Waals surface area contributed by atoms with E-state index in [9.17, 15) is 4.39 Å². The van der Waals surface area contributed by atoms with Crippen LogP contribution < -0.4 is 21.9 Å². The molecule has 0 heterocycles. The van der Waals surface area contributed by atoms with Crippen molar-refractivity contribution in [1.29, 1.82) is 0 Å². The van der Waals surface area contributed by atoms with Gasteiger partial charge in [0.1, 0.15) is 5.82 Å². The first-order valence-electron chi connectivity index (χ1n) is 4.49. The molecule has 0 saturated carbocycles. The van der Waals surface area contributed by atoms with Gasteiger partial charge in [-0.3, -0.25) is 0 Å².